The van der Waals surface area contributed by atoms with Crippen molar-refractivity contribution < 1.29 is 28.8 Å². The van der Waals surface area contributed by atoms with Crippen LogP contribution >= 0.6 is 0 Å². The monoisotopic (exact) mass is 571 g/mol. The predicted molar refractivity (Wildman–Crippen MR) is 158 cm³/mol. The Balaban J connectivity index is 1.72. The average Bonchev–Trinajstić information content (AvgIpc) is 3.41. The molecule has 0 radical (unpaired) electrons. The summed E-state index contributed by atoms with van der Waals surface area (Å²) in [5.74, 6) is 1.66. The fraction of sp³-hybridized carbons (Fsp3) is 0.290. The van der Waals surface area contributed by atoms with Crippen molar-refractivity contribution in [2.45, 2.75) is 31.0 Å². The minimum Gasteiger partial charge on any atom is -0.497 e. The first-order valence-corrected chi connectivity index (χ1v) is 13.3. The van der Waals surface area contributed by atoms with Gasteiger partial charge in [-0.05, 0) is 41.9 Å². The zero-order valence-corrected chi connectivity index (χ0v) is 23.5. The zero-order chi connectivity index (χ0) is 30.0. The molecule has 1 aliphatic rings. The molecule has 0 fully saturated rings. The highest BCUT2D eigenvalue weighted by molar-refractivity contribution is 6.01. The summed E-state index contributed by atoms with van der Waals surface area (Å²) >= 11 is 0. The van der Waals surface area contributed by atoms with Crippen LogP contribution in [0.4, 0.5) is 5.69 Å². The first-order valence-electron chi connectivity index (χ1n) is 13.3. The van der Waals surface area contributed by atoms with Crippen LogP contribution in [0, 0.1) is 0 Å². The van der Waals surface area contributed by atoms with E-state index < -0.39 is 17.6 Å². The van der Waals surface area contributed by atoms with Crippen LogP contribution in [0.3, 0.4) is 0 Å². The van der Waals surface area contributed by atoms with E-state index in [1.807, 2.05) is 6.07 Å². The molecule has 1 aliphatic heterocycles. The predicted octanol–water partition coefficient (Wildman–Crippen LogP) is 5.56. The molecule has 0 saturated carbocycles. The Hall–Kier alpha value is -4.99. The maximum Gasteiger partial charge on any atom is 0.252 e. The number of azide groups is 1. The van der Waals surface area contributed by atoms with Gasteiger partial charge in [0.15, 0.2) is 11.6 Å². The second-order valence-electron chi connectivity index (χ2n) is 9.39. The lowest BCUT2D eigenvalue weighted by atomic mass is 9.83. The second-order valence-corrected chi connectivity index (χ2v) is 9.39. The number of hydrogen-bond acceptors (Lipinski definition) is 8. The molecule has 0 saturated heterocycles. The molecule has 0 spiro atoms. The van der Waals surface area contributed by atoms with Gasteiger partial charge in [0.1, 0.15) is 17.2 Å². The highest BCUT2D eigenvalue weighted by Crippen LogP contribution is 2.45. The van der Waals surface area contributed by atoms with Gasteiger partial charge in [-0.15, -0.1) is 6.58 Å². The van der Waals surface area contributed by atoms with Crippen LogP contribution < -0.4 is 19.5 Å². The quantitative estimate of drug-likeness (QED) is 0.0852. The van der Waals surface area contributed by atoms with Crippen LogP contribution in [0.25, 0.3) is 10.4 Å². The number of aliphatic hydroxyl groups excluding tert-OH is 1. The van der Waals surface area contributed by atoms with Crippen LogP contribution in [-0.4, -0.2) is 49.9 Å². The third kappa shape index (κ3) is 6.49. The molecular formula is C31H33N5O6. The van der Waals surface area contributed by atoms with Crippen molar-refractivity contribution in [2.75, 3.05) is 27.4 Å². The summed E-state index contributed by atoms with van der Waals surface area (Å²) in [5, 5.41) is 15.8. The van der Waals surface area contributed by atoms with Crippen LogP contribution in [0.2, 0.25) is 0 Å². The molecule has 0 unspecified atom stereocenters. The SMILES string of the molecule is C=CC[C@@]1(C(=O)NCc2ccc(OC)cc2OC)N=C(c2ccc(OCCCO)cc2)O[C@@H]1c1ccccc1N=[N+]=[N-]. The van der Waals surface area contributed by atoms with Gasteiger partial charge in [-0.3, -0.25) is 4.79 Å². The van der Waals surface area contributed by atoms with Gasteiger partial charge in [-0.2, -0.15) is 0 Å². The molecule has 218 valence electrons. The van der Waals surface area contributed by atoms with Gasteiger partial charge in [0.05, 0.1) is 20.8 Å². The molecule has 4 rings (SSSR count). The summed E-state index contributed by atoms with van der Waals surface area (Å²) < 4.78 is 22.8. The minimum absolute atomic E-state index is 0.0418. The van der Waals surface area contributed by atoms with Crippen LogP contribution in [0.15, 0.2) is 89.5 Å². The molecule has 0 bridgehead atoms. The summed E-state index contributed by atoms with van der Waals surface area (Å²) in [6, 6.07) is 19.4. The lowest BCUT2D eigenvalue weighted by Gasteiger charge is -2.30. The summed E-state index contributed by atoms with van der Waals surface area (Å²) in [4.78, 5) is 22.0. The Morgan fingerprint density at radius 3 is 2.62 bits per heavy atom. The number of methoxy groups -OCH3 is 2. The number of carbonyl (C=O) groups is 1. The van der Waals surface area contributed by atoms with Gasteiger partial charge < -0.3 is 29.4 Å². The van der Waals surface area contributed by atoms with Crippen LogP contribution in [0.1, 0.15) is 35.6 Å². The Morgan fingerprint density at radius 1 is 1.17 bits per heavy atom. The Bertz CT molecular complexity index is 1490. The number of rotatable bonds is 14. The van der Waals surface area contributed by atoms with Crippen molar-refractivity contribution >= 4 is 17.5 Å². The van der Waals surface area contributed by atoms with E-state index in [4.69, 9.17) is 29.0 Å². The van der Waals surface area contributed by atoms with Crippen LogP contribution in [0.5, 0.6) is 17.2 Å². The lowest BCUT2D eigenvalue weighted by Crippen LogP contribution is -2.47. The number of benzene rings is 3. The van der Waals surface area contributed by atoms with Gasteiger partial charge in [0, 0.05) is 59.3 Å². The van der Waals surface area contributed by atoms with E-state index in [1.165, 1.54) is 0 Å². The van der Waals surface area contributed by atoms with E-state index in [0.29, 0.717) is 47.1 Å². The summed E-state index contributed by atoms with van der Waals surface area (Å²) in [5.41, 5.74) is 9.95. The largest absolute Gasteiger partial charge is 0.497 e. The number of ether oxygens (including phenoxy) is 4. The maximum atomic E-state index is 14.1. The molecule has 2 N–H and O–H groups in total. The van der Waals surface area contributed by atoms with Crippen molar-refractivity contribution in [1.82, 2.24) is 5.32 Å². The number of nitrogens with one attached hydrogen (secondary N) is 1. The molecule has 11 nitrogen and oxygen atoms in total. The molecular weight excluding hydrogens is 538 g/mol. The molecule has 2 atom stereocenters. The van der Waals surface area contributed by atoms with Crippen molar-refractivity contribution in [2.24, 2.45) is 10.1 Å². The number of aliphatic imine (C=N–C) groups is 1. The third-order valence-corrected chi connectivity index (χ3v) is 6.79. The number of nitrogens with zero attached hydrogens (tertiary/aromatic N) is 4. The number of aliphatic hydroxyl groups is 1. The van der Waals surface area contributed by atoms with Gasteiger partial charge >= 0.3 is 0 Å². The Morgan fingerprint density at radius 2 is 1.93 bits per heavy atom. The van der Waals surface area contributed by atoms with Gasteiger partial charge in [-0.25, -0.2) is 4.99 Å². The number of hydrogen-bond donors (Lipinski definition) is 2. The highest BCUT2D eigenvalue weighted by atomic mass is 16.5. The van der Waals surface area contributed by atoms with Crippen molar-refractivity contribution in [3.63, 3.8) is 0 Å². The number of amides is 1. The summed E-state index contributed by atoms with van der Waals surface area (Å²) in [6.45, 7) is 4.47. The smallest absolute Gasteiger partial charge is 0.252 e. The Kier molecular flexibility index (Phi) is 10.0. The van der Waals surface area contributed by atoms with Crippen molar-refractivity contribution in [1.29, 1.82) is 0 Å². The van der Waals surface area contributed by atoms with Gasteiger partial charge in [0.25, 0.3) is 5.91 Å². The lowest BCUT2D eigenvalue weighted by molar-refractivity contribution is -0.129. The molecule has 11 heteroatoms. The number of carbonyl (C=O) groups excluding carboxylic acids is 1. The molecule has 3 aromatic rings. The second kappa shape index (κ2) is 14.1. The van der Waals surface area contributed by atoms with Gasteiger partial charge in [-0.1, -0.05) is 35.5 Å². The minimum atomic E-state index is -1.46. The van der Waals surface area contributed by atoms with E-state index in [1.54, 1.807) is 81.0 Å². The first kappa shape index (κ1) is 30.0. The molecule has 42 heavy (non-hydrogen) atoms. The topological polar surface area (TPSA) is 147 Å². The summed E-state index contributed by atoms with van der Waals surface area (Å²) in [7, 11) is 3.11. The van der Waals surface area contributed by atoms with Crippen molar-refractivity contribution in [3.8, 4) is 17.2 Å². The molecule has 0 aromatic heterocycles. The molecule has 0 aliphatic carbocycles. The average molecular weight is 572 g/mol. The molecule has 3 aromatic carbocycles. The van der Waals surface area contributed by atoms with E-state index in [-0.39, 0.29) is 25.5 Å². The molecule has 1 amide bonds. The van der Waals surface area contributed by atoms with E-state index in [0.717, 1.165) is 5.56 Å². The van der Waals surface area contributed by atoms with E-state index in [2.05, 4.69) is 21.9 Å². The van der Waals surface area contributed by atoms with Crippen molar-refractivity contribution in [3.05, 3.63) is 107 Å². The molecule has 1 heterocycles. The normalized spacial score (nSPS) is 17.3. The maximum absolute atomic E-state index is 14.1. The van der Waals surface area contributed by atoms with Gasteiger partial charge in [0.2, 0.25) is 5.90 Å². The Labute approximate surface area is 244 Å². The standard InChI is InChI=1S/C31H33N5O6/c1-4-16-31(30(38)33-20-22-12-15-24(39-2)19-27(22)40-3)28(25-8-5-6-9-26(25)35-36-32)42-29(34-31)21-10-13-23(14-11-21)41-18-7-17-37/h4-6,8-15,19,28,37H,1,7,16-18,20H2,2-3H3,(H,33,38)/t28-,31-/m1/s1. The third-order valence-electron chi connectivity index (χ3n) is 6.79. The highest BCUT2D eigenvalue weighted by Gasteiger charge is 2.53. The fourth-order valence-electron chi connectivity index (χ4n) is 4.69. The van der Waals surface area contributed by atoms with E-state index in [9.17, 15) is 10.3 Å². The zero-order valence-electron chi connectivity index (χ0n) is 23.5. The van der Waals surface area contributed by atoms with Crippen LogP contribution in [-0.2, 0) is 16.1 Å². The van der Waals surface area contributed by atoms with E-state index >= 15 is 0 Å². The first-order chi connectivity index (χ1) is 20.5. The summed E-state index contributed by atoms with van der Waals surface area (Å²) in [6.07, 6.45) is 1.35. The fourth-order valence-corrected chi connectivity index (χ4v) is 4.69.